The molecule has 0 saturated carbocycles. The van der Waals surface area contributed by atoms with Gasteiger partial charge in [-0.15, -0.1) is 12.4 Å². The number of alkyl halides is 3. The molecular weight excluding hydrogens is 469 g/mol. The molecule has 0 N–H and O–H groups in total. The van der Waals surface area contributed by atoms with E-state index in [0.717, 1.165) is 24.3 Å². The zero-order valence-corrected chi connectivity index (χ0v) is 19.3. The minimum atomic E-state index is -4.54. The molecule has 0 unspecified atom stereocenters. The first-order valence-electron chi connectivity index (χ1n) is 9.53. The molecule has 1 aliphatic heterocycles. The molecule has 1 aromatic heterocycles. The van der Waals surface area contributed by atoms with Crippen LogP contribution in [0.4, 0.5) is 19.0 Å². The van der Waals surface area contributed by atoms with Crippen molar-refractivity contribution in [1.82, 2.24) is 14.2 Å². The molecule has 3 rings (SSSR count). The topological polar surface area (TPSA) is 73.8 Å². The first kappa shape index (κ1) is 25.9. The molecule has 1 aliphatic rings. The van der Waals surface area contributed by atoms with Crippen molar-refractivity contribution in [1.29, 1.82) is 0 Å². The maximum absolute atomic E-state index is 12.9. The van der Waals surface area contributed by atoms with E-state index in [4.69, 9.17) is 0 Å². The molecule has 2 aromatic rings. The van der Waals surface area contributed by atoms with Crippen molar-refractivity contribution in [3.05, 3.63) is 53.7 Å². The zero-order valence-electron chi connectivity index (χ0n) is 17.7. The van der Waals surface area contributed by atoms with Gasteiger partial charge in [-0.25, -0.2) is 13.4 Å². The zero-order chi connectivity index (χ0) is 23.0. The van der Waals surface area contributed by atoms with Crippen LogP contribution >= 0.6 is 12.4 Å². The van der Waals surface area contributed by atoms with Crippen molar-refractivity contribution in [3.63, 3.8) is 0 Å². The number of rotatable bonds is 4. The quantitative estimate of drug-likeness (QED) is 0.655. The molecule has 0 spiro atoms. The molecule has 0 aliphatic carbocycles. The van der Waals surface area contributed by atoms with E-state index < -0.39 is 27.8 Å². The SMILES string of the molecule is C[C@H]1CN(S(=O)(=O)c2ccc(C(F)(F)F)cc2)CCN1C(=O)c1ccc(N(C)C)nc1.Cl. The summed E-state index contributed by atoms with van der Waals surface area (Å²) in [6.07, 6.45) is -3.06. The van der Waals surface area contributed by atoms with E-state index in [9.17, 15) is 26.4 Å². The van der Waals surface area contributed by atoms with Gasteiger partial charge in [0.2, 0.25) is 10.0 Å². The third-order valence-electron chi connectivity index (χ3n) is 5.12. The van der Waals surface area contributed by atoms with Gasteiger partial charge in [-0.2, -0.15) is 17.5 Å². The smallest absolute Gasteiger partial charge is 0.363 e. The van der Waals surface area contributed by atoms with Gasteiger partial charge in [-0.1, -0.05) is 0 Å². The number of halogens is 4. The lowest BCUT2D eigenvalue weighted by molar-refractivity contribution is -0.137. The lowest BCUT2D eigenvalue weighted by Crippen LogP contribution is -2.55. The lowest BCUT2D eigenvalue weighted by Gasteiger charge is -2.39. The van der Waals surface area contributed by atoms with E-state index in [1.807, 2.05) is 19.0 Å². The number of anilines is 1. The van der Waals surface area contributed by atoms with Gasteiger partial charge in [0, 0.05) is 46.0 Å². The predicted octanol–water partition coefficient (Wildman–Crippen LogP) is 3.12. The van der Waals surface area contributed by atoms with Crippen LogP contribution in [0, 0.1) is 0 Å². The molecular formula is C20H24ClF3N4O3S. The summed E-state index contributed by atoms with van der Waals surface area (Å²) >= 11 is 0. The summed E-state index contributed by atoms with van der Waals surface area (Å²) in [5.74, 6) is 0.453. The van der Waals surface area contributed by atoms with Crippen molar-refractivity contribution in [2.75, 3.05) is 38.6 Å². The van der Waals surface area contributed by atoms with Gasteiger partial charge >= 0.3 is 6.18 Å². The number of benzene rings is 1. The van der Waals surface area contributed by atoms with Crippen molar-refractivity contribution in [3.8, 4) is 0 Å². The summed E-state index contributed by atoms with van der Waals surface area (Å²) in [6.45, 7) is 1.98. The molecule has 0 bridgehead atoms. The fourth-order valence-corrected chi connectivity index (χ4v) is 4.86. The summed E-state index contributed by atoms with van der Waals surface area (Å²) in [6, 6.07) is 6.39. The van der Waals surface area contributed by atoms with Crippen LogP contribution in [0.3, 0.4) is 0 Å². The molecule has 1 amide bonds. The first-order chi connectivity index (χ1) is 14.4. The van der Waals surface area contributed by atoms with Crippen LogP contribution in [0.15, 0.2) is 47.5 Å². The normalized spacial score (nSPS) is 17.6. The highest BCUT2D eigenvalue weighted by molar-refractivity contribution is 7.89. The number of amides is 1. The maximum Gasteiger partial charge on any atom is 0.416 e. The standard InChI is InChI=1S/C20H23F3N4O3S.ClH/c1-14-13-26(31(29,30)17-7-5-16(6-8-17)20(21,22)23)10-11-27(14)19(28)15-4-9-18(24-12-15)25(2)3;/h4-9,12,14H,10-11,13H2,1-3H3;1H/t14-;/m0./s1. The molecule has 32 heavy (non-hydrogen) atoms. The van der Waals surface area contributed by atoms with Gasteiger partial charge < -0.3 is 9.80 Å². The largest absolute Gasteiger partial charge is 0.416 e. The van der Waals surface area contributed by atoms with Crippen molar-refractivity contribution in [2.45, 2.75) is 24.0 Å². The van der Waals surface area contributed by atoms with E-state index in [0.29, 0.717) is 11.4 Å². The average molecular weight is 493 g/mol. The van der Waals surface area contributed by atoms with E-state index in [1.54, 1.807) is 24.0 Å². The van der Waals surface area contributed by atoms with Gasteiger partial charge in [0.05, 0.1) is 16.0 Å². The molecule has 0 radical (unpaired) electrons. The van der Waals surface area contributed by atoms with Crippen LogP contribution in [0.25, 0.3) is 0 Å². The second-order valence-electron chi connectivity index (χ2n) is 7.53. The highest BCUT2D eigenvalue weighted by atomic mass is 35.5. The number of hydrogen-bond acceptors (Lipinski definition) is 5. The second kappa shape index (κ2) is 9.63. The predicted molar refractivity (Wildman–Crippen MR) is 117 cm³/mol. The summed E-state index contributed by atoms with van der Waals surface area (Å²) in [5, 5.41) is 0. The minimum absolute atomic E-state index is 0. The summed E-state index contributed by atoms with van der Waals surface area (Å²) in [7, 11) is -0.305. The van der Waals surface area contributed by atoms with Gasteiger partial charge in [-0.3, -0.25) is 4.79 Å². The van der Waals surface area contributed by atoms with Gasteiger partial charge in [0.15, 0.2) is 0 Å². The highest BCUT2D eigenvalue weighted by Gasteiger charge is 2.35. The molecule has 1 aromatic carbocycles. The van der Waals surface area contributed by atoms with Gasteiger partial charge in [0.1, 0.15) is 5.82 Å². The summed E-state index contributed by atoms with van der Waals surface area (Å²) in [4.78, 5) is 20.2. The second-order valence-corrected chi connectivity index (χ2v) is 9.47. The number of piperazine rings is 1. The van der Waals surface area contributed by atoms with E-state index in [1.165, 1.54) is 10.5 Å². The van der Waals surface area contributed by atoms with Crippen LogP contribution < -0.4 is 4.90 Å². The minimum Gasteiger partial charge on any atom is -0.363 e. The van der Waals surface area contributed by atoms with Gasteiger partial charge in [0.25, 0.3) is 5.91 Å². The van der Waals surface area contributed by atoms with Crippen molar-refractivity contribution in [2.24, 2.45) is 0 Å². The van der Waals surface area contributed by atoms with Crippen LogP contribution in [-0.2, 0) is 16.2 Å². The number of carbonyl (C=O) groups is 1. The highest BCUT2D eigenvalue weighted by Crippen LogP contribution is 2.30. The summed E-state index contributed by atoms with van der Waals surface area (Å²) < 4.78 is 65.1. The number of nitrogens with zero attached hydrogens (tertiary/aromatic N) is 4. The maximum atomic E-state index is 12.9. The molecule has 1 fully saturated rings. The van der Waals surface area contributed by atoms with E-state index in [-0.39, 0.29) is 42.8 Å². The van der Waals surface area contributed by atoms with E-state index in [2.05, 4.69) is 4.98 Å². The molecule has 7 nitrogen and oxygen atoms in total. The molecule has 1 atom stereocenters. The molecule has 12 heteroatoms. The Morgan fingerprint density at radius 2 is 1.72 bits per heavy atom. The summed E-state index contributed by atoms with van der Waals surface area (Å²) in [5.41, 5.74) is -0.513. The van der Waals surface area contributed by atoms with Crippen molar-refractivity contribution < 1.29 is 26.4 Å². The monoisotopic (exact) mass is 492 g/mol. The lowest BCUT2D eigenvalue weighted by atomic mass is 10.1. The Hall–Kier alpha value is -2.37. The number of carbonyl (C=O) groups excluding carboxylic acids is 1. The Kier molecular flexibility index (Phi) is 7.79. The third-order valence-corrected chi connectivity index (χ3v) is 7.00. The van der Waals surface area contributed by atoms with Crippen LogP contribution in [-0.4, -0.2) is 68.3 Å². The molecule has 1 saturated heterocycles. The third kappa shape index (κ3) is 5.33. The fourth-order valence-electron chi connectivity index (χ4n) is 3.35. The Bertz CT molecular complexity index is 1050. The number of sulfonamides is 1. The van der Waals surface area contributed by atoms with E-state index >= 15 is 0 Å². The van der Waals surface area contributed by atoms with Crippen LogP contribution in [0.5, 0.6) is 0 Å². The number of aromatic nitrogens is 1. The molecule has 2 heterocycles. The average Bonchev–Trinajstić information content (AvgIpc) is 2.72. The Morgan fingerprint density at radius 3 is 2.19 bits per heavy atom. The molecule has 176 valence electrons. The number of pyridine rings is 1. The number of hydrogen-bond donors (Lipinski definition) is 0. The Labute approximate surface area is 191 Å². The van der Waals surface area contributed by atoms with Crippen molar-refractivity contribution >= 4 is 34.2 Å². The Morgan fingerprint density at radius 1 is 1.09 bits per heavy atom. The first-order valence-corrected chi connectivity index (χ1v) is 11.0. The fraction of sp³-hybridized carbons (Fsp3) is 0.400. The van der Waals surface area contributed by atoms with Crippen LogP contribution in [0.2, 0.25) is 0 Å². The van der Waals surface area contributed by atoms with Gasteiger partial charge in [-0.05, 0) is 43.3 Å². The Balaban J connectivity index is 0.00000363. The van der Waals surface area contributed by atoms with Crippen LogP contribution in [0.1, 0.15) is 22.8 Å².